The number of ether oxygens (including phenoxy) is 1. The van der Waals surface area contributed by atoms with E-state index in [0.717, 1.165) is 12.8 Å². The monoisotopic (exact) mass is 404 g/mol. The molecule has 2 rings (SSSR count). The van der Waals surface area contributed by atoms with Gasteiger partial charge in [0, 0.05) is 31.4 Å². The van der Waals surface area contributed by atoms with Crippen LogP contribution in [-0.4, -0.2) is 67.9 Å². The SMILES string of the molecule is CCCCOC(=O)CC1C(=O)NCCN1CC(=O)Nc1cccc(C(=O)NC)c1. The third-order valence-corrected chi connectivity index (χ3v) is 4.54. The number of esters is 1. The van der Waals surface area contributed by atoms with Gasteiger partial charge >= 0.3 is 5.97 Å². The fraction of sp³-hybridized carbons (Fsp3) is 0.500. The molecule has 29 heavy (non-hydrogen) atoms. The number of amides is 3. The summed E-state index contributed by atoms with van der Waals surface area (Å²) in [6.45, 7) is 3.12. The number of rotatable bonds is 9. The first-order valence-corrected chi connectivity index (χ1v) is 9.74. The Hall–Kier alpha value is -2.94. The Labute approximate surface area is 170 Å². The van der Waals surface area contributed by atoms with E-state index >= 15 is 0 Å². The van der Waals surface area contributed by atoms with Gasteiger partial charge in [-0.2, -0.15) is 0 Å². The molecule has 1 atom stereocenters. The van der Waals surface area contributed by atoms with Gasteiger partial charge in [-0.15, -0.1) is 0 Å². The van der Waals surface area contributed by atoms with Crippen molar-refractivity contribution in [2.24, 2.45) is 0 Å². The standard InChI is InChI=1S/C20H28N4O5/c1-3-4-10-29-18(26)12-16-20(28)22-8-9-24(16)13-17(25)23-15-7-5-6-14(11-15)19(27)21-2/h5-7,11,16H,3-4,8-10,12-13H2,1-2H3,(H,21,27)(H,22,28)(H,23,25). The van der Waals surface area contributed by atoms with Crippen molar-refractivity contribution in [3.05, 3.63) is 29.8 Å². The molecule has 0 radical (unpaired) electrons. The van der Waals surface area contributed by atoms with Gasteiger partial charge in [-0.25, -0.2) is 0 Å². The van der Waals surface area contributed by atoms with Crippen molar-refractivity contribution in [2.75, 3.05) is 38.6 Å². The van der Waals surface area contributed by atoms with Gasteiger partial charge in [0.15, 0.2) is 0 Å². The fourth-order valence-electron chi connectivity index (χ4n) is 2.99. The number of hydrogen-bond donors (Lipinski definition) is 3. The quantitative estimate of drug-likeness (QED) is 0.408. The Kier molecular flexibility index (Phi) is 8.60. The zero-order chi connectivity index (χ0) is 21.2. The minimum absolute atomic E-state index is 0.0511. The molecule has 0 bridgehead atoms. The molecule has 0 spiro atoms. The second kappa shape index (κ2) is 11.2. The topological polar surface area (TPSA) is 117 Å². The van der Waals surface area contributed by atoms with E-state index in [4.69, 9.17) is 4.74 Å². The van der Waals surface area contributed by atoms with Crippen molar-refractivity contribution in [3.63, 3.8) is 0 Å². The van der Waals surface area contributed by atoms with Gasteiger partial charge in [0.2, 0.25) is 11.8 Å². The summed E-state index contributed by atoms with van der Waals surface area (Å²) in [7, 11) is 1.53. The van der Waals surface area contributed by atoms with Crippen LogP contribution in [0.3, 0.4) is 0 Å². The van der Waals surface area contributed by atoms with Crippen molar-refractivity contribution in [1.29, 1.82) is 0 Å². The van der Waals surface area contributed by atoms with E-state index in [0.29, 0.717) is 30.9 Å². The van der Waals surface area contributed by atoms with Crippen molar-refractivity contribution in [3.8, 4) is 0 Å². The Morgan fingerprint density at radius 2 is 2.10 bits per heavy atom. The van der Waals surface area contributed by atoms with E-state index in [9.17, 15) is 19.2 Å². The number of piperazine rings is 1. The number of carbonyl (C=O) groups excluding carboxylic acids is 4. The number of unbranched alkanes of at least 4 members (excludes halogenated alkanes) is 1. The largest absolute Gasteiger partial charge is 0.466 e. The first kappa shape index (κ1) is 22.4. The van der Waals surface area contributed by atoms with E-state index in [1.165, 1.54) is 7.05 Å². The first-order chi connectivity index (χ1) is 13.9. The molecule has 1 saturated heterocycles. The molecule has 3 amide bonds. The summed E-state index contributed by atoms with van der Waals surface area (Å²) in [5.41, 5.74) is 0.906. The van der Waals surface area contributed by atoms with Crippen LogP contribution in [0.1, 0.15) is 36.5 Å². The van der Waals surface area contributed by atoms with Crippen LogP contribution in [0, 0.1) is 0 Å². The maximum atomic E-state index is 12.5. The molecule has 0 aliphatic carbocycles. The van der Waals surface area contributed by atoms with Gasteiger partial charge in [0.25, 0.3) is 5.91 Å². The van der Waals surface area contributed by atoms with Gasteiger partial charge < -0.3 is 20.7 Å². The lowest BCUT2D eigenvalue weighted by atomic mass is 10.1. The van der Waals surface area contributed by atoms with E-state index in [1.54, 1.807) is 29.2 Å². The summed E-state index contributed by atoms with van der Waals surface area (Å²) in [6.07, 6.45) is 1.57. The Morgan fingerprint density at radius 3 is 2.83 bits per heavy atom. The highest BCUT2D eigenvalue weighted by Crippen LogP contribution is 2.13. The lowest BCUT2D eigenvalue weighted by Gasteiger charge is -2.33. The minimum atomic E-state index is -0.749. The smallest absolute Gasteiger partial charge is 0.307 e. The maximum absolute atomic E-state index is 12.5. The molecule has 1 unspecified atom stereocenters. The summed E-state index contributed by atoms with van der Waals surface area (Å²) in [5, 5.41) is 7.98. The Bertz CT molecular complexity index is 752. The fourth-order valence-corrected chi connectivity index (χ4v) is 2.99. The van der Waals surface area contributed by atoms with Crippen LogP contribution in [0.15, 0.2) is 24.3 Å². The molecule has 1 fully saturated rings. The normalized spacial score (nSPS) is 16.6. The summed E-state index contributed by atoms with van der Waals surface area (Å²) < 4.78 is 5.14. The Morgan fingerprint density at radius 1 is 1.31 bits per heavy atom. The average Bonchev–Trinajstić information content (AvgIpc) is 2.70. The molecule has 1 heterocycles. The minimum Gasteiger partial charge on any atom is -0.466 e. The van der Waals surface area contributed by atoms with Gasteiger partial charge in [0.1, 0.15) is 6.04 Å². The van der Waals surface area contributed by atoms with Crippen molar-refractivity contribution in [1.82, 2.24) is 15.5 Å². The predicted molar refractivity (Wildman–Crippen MR) is 107 cm³/mol. The molecule has 158 valence electrons. The van der Waals surface area contributed by atoms with Crippen LogP contribution in [0.25, 0.3) is 0 Å². The van der Waals surface area contributed by atoms with E-state index in [1.807, 2.05) is 6.92 Å². The third-order valence-electron chi connectivity index (χ3n) is 4.54. The van der Waals surface area contributed by atoms with Gasteiger partial charge in [-0.05, 0) is 24.6 Å². The van der Waals surface area contributed by atoms with Crippen LogP contribution < -0.4 is 16.0 Å². The van der Waals surface area contributed by atoms with Crippen LogP contribution in [0.4, 0.5) is 5.69 Å². The van der Waals surface area contributed by atoms with Gasteiger partial charge in [-0.3, -0.25) is 24.1 Å². The molecule has 1 aliphatic rings. The Balaban J connectivity index is 1.96. The zero-order valence-corrected chi connectivity index (χ0v) is 16.8. The predicted octanol–water partition coefficient (Wildman–Crippen LogP) is 0.519. The molecule has 9 heteroatoms. The number of carbonyl (C=O) groups is 4. The lowest BCUT2D eigenvalue weighted by molar-refractivity contribution is -0.149. The van der Waals surface area contributed by atoms with Crippen molar-refractivity contribution < 1.29 is 23.9 Å². The van der Waals surface area contributed by atoms with E-state index in [-0.39, 0.29) is 30.7 Å². The number of nitrogens with zero attached hydrogens (tertiary/aromatic N) is 1. The van der Waals surface area contributed by atoms with Gasteiger partial charge in [0.05, 0.1) is 19.6 Å². The van der Waals surface area contributed by atoms with Crippen LogP contribution in [0.5, 0.6) is 0 Å². The number of nitrogens with one attached hydrogen (secondary N) is 3. The number of hydrogen-bond acceptors (Lipinski definition) is 6. The lowest BCUT2D eigenvalue weighted by Crippen LogP contribution is -2.57. The van der Waals surface area contributed by atoms with E-state index in [2.05, 4.69) is 16.0 Å². The van der Waals surface area contributed by atoms with Crippen molar-refractivity contribution in [2.45, 2.75) is 32.2 Å². The molecule has 3 N–H and O–H groups in total. The highest BCUT2D eigenvalue weighted by molar-refractivity contribution is 5.97. The molecular weight excluding hydrogens is 376 g/mol. The summed E-state index contributed by atoms with van der Waals surface area (Å²) in [5.74, 6) is -1.34. The number of anilines is 1. The molecule has 1 aromatic carbocycles. The zero-order valence-electron chi connectivity index (χ0n) is 16.8. The molecule has 0 saturated carbocycles. The highest BCUT2D eigenvalue weighted by atomic mass is 16.5. The molecular formula is C20H28N4O5. The van der Waals surface area contributed by atoms with Crippen LogP contribution in [-0.2, 0) is 19.1 Å². The van der Waals surface area contributed by atoms with Crippen molar-refractivity contribution >= 4 is 29.4 Å². The summed E-state index contributed by atoms with van der Waals surface area (Å²) in [6, 6.07) is 5.81. The third kappa shape index (κ3) is 6.86. The average molecular weight is 404 g/mol. The summed E-state index contributed by atoms with van der Waals surface area (Å²) >= 11 is 0. The number of benzene rings is 1. The second-order valence-corrected chi connectivity index (χ2v) is 6.76. The highest BCUT2D eigenvalue weighted by Gasteiger charge is 2.33. The molecule has 0 aromatic heterocycles. The van der Waals surface area contributed by atoms with Crippen LogP contribution in [0.2, 0.25) is 0 Å². The molecule has 1 aliphatic heterocycles. The van der Waals surface area contributed by atoms with E-state index < -0.39 is 12.0 Å². The second-order valence-electron chi connectivity index (χ2n) is 6.76. The van der Waals surface area contributed by atoms with Crippen LogP contribution >= 0.6 is 0 Å². The summed E-state index contributed by atoms with van der Waals surface area (Å²) in [4.78, 5) is 50.1. The first-order valence-electron chi connectivity index (χ1n) is 9.74. The molecule has 9 nitrogen and oxygen atoms in total. The molecule has 1 aromatic rings. The maximum Gasteiger partial charge on any atom is 0.307 e. The van der Waals surface area contributed by atoms with Gasteiger partial charge in [-0.1, -0.05) is 19.4 Å².